The van der Waals surface area contributed by atoms with Crippen molar-refractivity contribution in [2.75, 3.05) is 6.61 Å². The molecule has 0 fully saturated rings. The molecule has 0 bridgehead atoms. The summed E-state index contributed by atoms with van der Waals surface area (Å²) in [6.07, 6.45) is 3.42. The second-order valence-electron chi connectivity index (χ2n) is 5.17. The number of aliphatic hydroxyl groups excluding tert-OH is 1. The zero-order valence-corrected chi connectivity index (χ0v) is 12.0. The van der Waals surface area contributed by atoms with Crippen LogP contribution in [0.2, 0.25) is 0 Å². The Hall–Kier alpha value is -2.27. The largest absolute Gasteiger partial charge is 0.396 e. The van der Waals surface area contributed by atoms with Gasteiger partial charge < -0.3 is 5.11 Å². The van der Waals surface area contributed by atoms with E-state index in [1.165, 1.54) is 5.56 Å². The highest BCUT2D eigenvalue weighted by molar-refractivity contribution is 5.82. The Balaban J connectivity index is 1.89. The molecule has 1 aromatic carbocycles. The van der Waals surface area contributed by atoms with Crippen LogP contribution in [0.4, 0.5) is 0 Å². The fourth-order valence-corrected chi connectivity index (χ4v) is 2.49. The van der Waals surface area contributed by atoms with Crippen molar-refractivity contribution in [2.24, 2.45) is 0 Å². The van der Waals surface area contributed by atoms with Crippen LogP contribution in [0.15, 0.2) is 36.5 Å². The number of aliphatic hydroxyl groups is 1. The monoisotopic (exact) mass is 282 g/mol. The lowest BCUT2D eigenvalue weighted by atomic mass is 10.1. The quantitative estimate of drug-likeness (QED) is 0.778. The number of hydrogen-bond donors (Lipinski definition) is 1. The van der Waals surface area contributed by atoms with E-state index in [9.17, 15) is 0 Å². The molecule has 1 N–H and O–H groups in total. The van der Waals surface area contributed by atoms with Crippen molar-refractivity contribution >= 4 is 10.9 Å². The second-order valence-corrected chi connectivity index (χ2v) is 5.17. The van der Waals surface area contributed by atoms with Gasteiger partial charge in [0.2, 0.25) is 0 Å². The first-order valence-corrected chi connectivity index (χ1v) is 7.11. The van der Waals surface area contributed by atoms with Crippen LogP contribution < -0.4 is 0 Å². The molecule has 2 aromatic heterocycles. The third-order valence-electron chi connectivity index (χ3n) is 3.44. The maximum Gasteiger partial charge on any atom is 0.0828 e. The molecule has 21 heavy (non-hydrogen) atoms. The Morgan fingerprint density at radius 2 is 2.10 bits per heavy atom. The molecule has 3 rings (SSSR count). The first-order chi connectivity index (χ1) is 10.3. The van der Waals surface area contributed by atoms with Crippen molar-refractivity contribution < 1.29 is 5.11 Å². The van der Waals surface area contributed by atoms with Gasteiger partial charge in [0.25, 0.3) is 0 Å². The summed E-state index contributed by atoms with van der Waals surface area (Å²) in [6, 6.07) is 10.2. The molecular formula is C16H18N4O. The Labute approximate surface area is 123 Å². The van der Waals surface area contributed by atoms with Gasteiger partial charge in [-0.2, -0.15) is 0 Å². The summed E-state index contributed by atoms with van der Waals surface area (Å²) in [6.45, 7) is 2.86. The van der Waals surface area contributed by atoms with Gasteiger partial charge in [-0.1, -0.05) is 23.4 Å². The van der Waals surface area contributed by atoms with Gasteiger partial charge in [0, 0.05) is 23.9 Å². The highest BCUT2D eigenvalue weighted by Crippen LogP contribution is 2.19. The first kappa shape index (κ1) is 13.7. The molecule has 5 nitrogen and oxygen atoms in total. The van der Waals surface area contributed by atoms with E-state index in [1.807, 2.05) is 36.0 Å². The molecule has 0 saturated carbocycles. The summed E-state index contributed by atoms with van der Waals surface area (Å²) < 4.78 is 1.84. The van der Waals surface area contributed by atoms with Crippen molar-refractivity contribution in [2.45, 2.75) is 26.3 Å². The van der Waals surface area contributed by atoms with Crippen molar-refractivity contribution in [1.82, 2.24) is 20.0 Å². The lowest BCUT2D eigenvalue weighted by Gasteiger charge is -2.07. The number of fused-ring (bicyclic) bond motifs is 1. The van der Waals surface area contributed by atoms with E-state index in [4.69, 9.17) is 5.11 Å². The average molecular weight is 282 g/mol. The molecule has 0 aliphatic heterocycles. The summed E-state index contributed by atoms with van der Waals surface area (Å²) in [5.74, 6) is 0. The highest BCUT2D eigenvalue weighted by atomic mass is 16.2. The predicted octanol–water partition coefficient (Wildman–Crippen LogP) is 2.11. The fourth-order valence-electron chi connectivity index (χ4n) is 2.49. The van der Waals surface area contributed by atoms with Gasteiger partial charge in [0.15, 0.2) is 0 Å². The zero-order valence-electron chi connectivity index (χ0n) is 12.0. The van der Waals surface area contributed by atoms with Crippen LogP contribution in [0, 0.1) is 6.92 Å². The molecule has 108 valence electrons. The van der Waals surface area contributed by atoms with E-state index in [1.54, 1.807) is 0 Å². The minimum Gasteiger partial charge on any atom is -0.396 e. The fraction of sp³-hybridized carbons (Fsp3) is 0.312. The van der Waals surface area contributed by atoms with Crippen LogP contribution >= 0.6 is 0 Å². The van der Waals surface area contributed by atoms with Gasteiger partial charge in [-0.3, -0.25) is 4.98 Å². The summed E-state index contributed by atoms with van der Waals surface area (Å²) in [7, 11) is 0. The molecule has 0 unspecified atom stereocenters. The van der Waals surface area contributed by atoms with Gasteiger partial charge >= 0.3 is 0 Å². The molecular weight excluding hydrogens is 264 g/mol. The van der Waals surface area contributed by atoms with Gasteiger partial charge in [-0.25, -0.2) is 4.68 Å². The third kappa shape index (κ3) is 3.08. The van der Waals surface area contributed by atoms with Gasteiger partial charge in [0.05, 0.1) is 17.8 Å². The van der Waals surface area contributed by atoms with Crippen LogP contribution in [0.5, 0.6) is 0 Å². The van der Waals surface area contributed by atoms with Gasteiger partial charge in [0.1, 0.15) is 0 Å². The molecule has 2 heterocycles. The highest BCUT2D eigenvalue weighted by Gasteiger charge is 2.06. The number of nitrogens with zero attached hydrogens (tertiary/aromatic N) is 4. The van der Waals surface area contributed by atoms with Crippen molar-refractivity contribution in [1.29, 1.82) is 0 Å². The van der Waals surface area contributed by atoms with Gasteiger partial charge in [-0.05, 0) is 37.5 Å². The van der Waals surface area contributed by atoms with Crippen LogP contribution in [0.1, 0.15) is 23.4 Å². The second kappa shape index (κ2) is 6.01. The molecule has 0 atom stereocenters. The smallest absolute Gasteiger partial charge is 0.0828 e. The minimum atomic E-state index is 0.182. The van der Waals surface area contributed by atoms with E-state index in [0.29, 0.717) is 6.54 Å². The van der Waals surface area contributed by atoms with Crippen molar-refractivity contribution in [3.63, 3.8) is 0 Å². The molecule has 5 heteroatoms. The number of para-hydroxylation sites is 1. The molecule has 0 aliphatic rings. The lowest BCUT2D eigenvalue weighted by Crippen LogP contribution is -2.02. The Bertz CT molecular complexity index is 751. The number of aromatic nitrogens is 4. The Morgan fingerprint density at radius 1 is 1.24 bits per heavy atom. The average Bonchev–Trinajstić information content (AvgIpc) is 2.92. The van der Waals surface area contributed by atoms with Crippen LogP contribution in [0.3, 0.4) is 0 Å². The first-order valence-electron chi connectivity index (χ1n) is 7.11. The van der Waals surface area contributed by atoms with E-state index in [2.05, 4.69) is 27.4 Å². The van der Waals surface area contributed by atoms with Crippen LogP contribution in [-0.4, -0.2) is 31.7 Å². The Kier molecular flexibility index (Phi) is 3.92. The summed E-state index contributed by atoms with van der Waals surface area (Å²) >= 11 is 0. The van der Waals surface area contributed by atoms with Crippen LogP contribution in [0.25, 0.3) is 10.9 Å². The van der Waals surface area contributed by atoms with E-state index < -0.39 is 0 Å². The summed E-state index contributed by atoms with van der Waals surface area (Å²) in [5, 5.41) is 18.3. The molecule has 0 amide bonds. The number of pyridine rings is 1. The van der Waals surface area contributed by atoms with Crippen molar-refractivity contribution in [3.8, 4) is 0 Å². The third-order valence-corrected chi connectivity index (χ3v) is 3.44. The maximum absolute atomic E-state index is 8.86. The van der Waals surface area contributed by atoms with E-state index in [0.717, 1.165) is 35.1 Å². The molecule has 0 saturated heterocycles. The zero-order chi connectivity index (χ0) is 14.7. The maximum atomic E-state index is 8.86. The topological polar surface area (TPSA) is 63.8 Å². The number of aryl methyl sites for hydroxylation is 2. The van der Waals surface area contributed by atoms with E-state index >= 15 is 0 Å². The van der Waals surface area contributed by atoms with E-state index in [-0.39, 0.29) is 6.61 Å². The summed E-state index contributed by atoms with van der Waals surface area (Å²) in [5.41, 5.74) is 4.12. The summed E-state index contributed by atoms with van der Waals surface area (Å²) in [4.78, 5) is 4.55. The van der Waals surface area contributed by atoms with Crippen LogP contribution in [-0.2, 0) is 13.0 Å². The lowest BCUT2D eigenvalue weighted by molar-refractivity contribution is 0.288. The number of hydrogen-bond acceptors (Lipinski definition) is 4. The standard InChI is InChI=1S/C16H18N4O/c1-12-9-13(15-6-2-3-7-16(15)17-12)10-20-11-14(18-19-20)5-4-8-21/h2-3,6-7,9,11,21H,4-5,8,10H2,1H3. The Morgan fingerprint density at radius 3 is 2.95 bits per heavy atom. The molecule has 0 aliphatic carbocycles. The predicted molar refractivity (Wildman–Crippen MR) is 81.0 cm³/mol. The minimum absolute atomic E-state index is 0.182. The molecule has 3 aromatic rings. The SMILES string of the molecule is Cc1cc(Cn2cc(CCCO)nn2)c2ccccc2n1. The number of benzene rings is 1. The normalized spacial score (nSPS) is 11.1. The van der Waals surface area contributed by atoms with Gasteiger partial charge in [-0.15, -0.1) is 5.10 Å². The molecule has 0 radical (unpaired) electrons. The molecule has 0 spiro atoms. The number of rotatable bonds is 5. The van der Waals surface area contributed by atoms with Crippen molar-refractivity contribution in [3.05, 3.63) is 53.5 Å².